The van der Waals surface area contributed by atoms with Crippen LogP contribution >= 0.6 is 11.3 Å². The Labute approximate surface area is 166 Å². The highest BCUT2D eigenvalue weighted by Gasteiger charge is 2.13. The van der Waals surface area contributed by atoms with Crippen LogP contribution in [0.1, 0.15) is 5.56 Å². The summed E-state index contributed by atoms with van der Waals surface area (Å²) in [6.45, 7) is 6.07. The minimum Gasteiger partial charge on any atom is -0.368 e. The van der Waals surface area contributed by atoms with Crippen LogP contribution in [-0.2, 0) is 0 Å². The molecule has 1 aliphatic rings. The molecule has 28 heavy (non-hydrogen) atoms. The highest BCUT2D eigenvalue weighted by atomic mass is 32.1. The maximum Gasteiger partial charge on any atom is 0.230 e. The standard InChI is InChI=1S/C19H20N8S/c1-13-10-27(17-11-28-12-23-17)18-15(13)9-22-19(25-18)24-16-3-2-14(8-21-16)26-6-4-20-5-7-26/h2-3,8-12,20H,4-7H2,1H3,(H,21,22,24,25). The maximum absolute atomic E-state index is 4.71. The van der Waals surface area contributed by atoms with E-state index in [2.05, 4.69) is 43.5 Å². The van der Waals surface area contributed by atoms with E-state index in [0.29, 0.717) is 5.95 Å². The van der Waals surface area contributed by atoms with Gasteiger partial charge in [-0.3, -0.25) is 4.57 Å². The predicted octanol–water partition coefficient (Wildman–Crippen LogP) is 2.73. The van der Waals surface area contributed by atoms with Gasteiger partial charge in [-0.2, -0.15) is 4.98 Å². The SMILES string of the molecule is Cc1cn(-c2cscn2)c2nc(Nc3ccc(N4CCNCC4)cn3)ncc12. The van der Waals surface area contributed by atoms with Crippen molar-refractivity contribution in [2.24, 2.45) is 0 Å². The third-order valence-electron chi connectivity index (χ3n) is 4.88. The van der Waals surface area contributed by atoms with E-state index in [9.17, 15) is 0 Å². The molecule has 4 aromatic rings. The molecule has 9 heteroatoms. The molecule has 4 aromatic heterocycles. The Bertz CT molecular complexity index is 1080. The molecule has 0 atom stereocenters. The molecule has 0 saturated carbocycles. The normalized spacial score (nSPS) is 14.5. The van der Waals surface area contributed by atoms with Crippen molar-refractivity contribution in [3.8, 4) is 5.82 Å². The van der Waals surface area contributed by atoms with Crippen LogP contribution in [0.15, 0.2) is 41.6 Å². The number of fused-ring (bicyclic) bond motifs is 1. The summed E-state index contributed by atoms with van der Waals surface area (Å²) in [5.74, 6) is 2.11. The van der Waals surface area contributed by atoms with Crippen LogP contribution in [0.5, 0.6) is 0 Å². The van der Waals surface area contributed by atoms with Crippen molar-refractivity contribution in [1.29, 1.82) is 0 Å². The predicted molar refractivity (Wildman–Crippen MR) is 112 cm³/mol. The Morgan fingerprint density at radius 1 is 1.11 bits per heavy atom. The van der Waals surface area contributed by atoms with E-state index < -0.39 is 0 Å². The second-order valence-corrected chi connectivity index (χ2v) is 7.44. The average molecular weight is 392 g/mol. The van der Waals surface area contributed by atoms with Gasteiger partial charge in [0.05, 0.1) is 17.4 Å². The summed E-state index contributed by atoms with van der Waals surface area (Å²) in [7, 11) is 0. The molecule has 0 unspecified atom stereocenters. The van der Waals surface area contributed by atoms with Gasteiger partial charge in [-0.15, -0.1) is 11.3 Å². The lowest BCUT2D eigenvalue weighted by Crippen LogP contribution is -2.43. The fraction of sp³-hybridized carbons (Fsp3) is 0.263. The van der Waals surface area contributed by atoms with Crippen molar-refractivity contribution in [3.63, 3.8) is 0 Å². The molecule has 8 nitrogen and oxygen atoms in total. The monoisotopic (exact) mass is 392 g/mol. The number of piperazine rings is 1. The molecular formula is C19H20N8S. The molecule has 0 aromatic carbocycles. The summed E-state index contributed by atoms with van der Waals surface area (Å²) in [5.41, 5.74) is 4.91. The molecule has 1 fully saturated rings. The van der Waals surface area contributed by atoms with Crippen LogP contribution in [0.2, 0.25) is 0 Å². The largest absolute Gasteiger partial charge is 0.368 e. The van der Waals surface area contributed by atoms with Crippen LogP contribution in [0, 0.1) is 6.92 Å². The minimum absolute atomic E-state index is 0.518. The molecule has 142 valence electrons. The van der Waals surface area contributed by atoms with E-state index in [-0.39, 0.29) is 0 Å². The summed E-state index contributed by atoms with van der Waals surface area (Å²) in [6, 6.07) is 4.05. The molecule has 1 saturated heterocycles. The molecule has 0 aliphatic carbocycles. The van der Waals surface area contributed by atoms with Crippen LogP contribution in [0.25, 0.3) is 16.9 Å². The number of hydrogen-bond acceptors (Lipinski definition) is 8. The number of rotatable bonds is 4. The number of nitrogens with one attached hydrogen (secondary N) is 2. The number of hydrogen-bond donors (Lipinski definition) is 2. The van der Waals surface area contributed by atoms with Gasteiger partial charge in [-0.25, -0.2) is 15.0 Å². The second kappa shape index (κ2) is 7.17. The number of thiazole rings is 1. The lowest BCUT2D eigenvalue weighted by Gasteiger charge is -2.29. The van der Waals surface area contributed by atoms with Crippen molar-refractivity contribution in [2.45, 2.75) is 6.92 Å². The summed E-state index contributed by atoms with van der Waals surface area (Å²) in [4.78, 5) is 20.4. The van der Waals surface area contributed by atoms with Gasteiger partial charge >= 0.3 is 0 Å². The third kappa shape index (κ3) is 3.19. The van der Waals surface area contributed by atoms with Gasteiger partial charge in [0.15, 0.2) is 5.65 Å². The maximum atomic E-state index is 4.71. The van der Waals surface area contributed by atoms with Crippen LogP contribution in [0.4, 0.5) is 17.5 Å². The van der Waals surface area contributed by atoms with Crippen molar-refractivity contribution in [1.82, 2.24) is 29.8 Å². The fourth-order valence-corrected chi connectivity index (χ4v) is 3.93. The molecule has 0 radical (unpaired) electrons. The van der Waals surface area contributed by atoms with Gasteiger partial charge < -0.3 is 15.5 Å². The van der Waals surface area contributed by atoms with Crippen molar-refractivity contribution < 1.29 is 0 Å². The lowest BCUT2D eigenvalue weighted by molar-refractivity contribution is 0.589. The van der Waals surface area contributed by atoms with Gasteiger partial charge in [0.2, 0.25) is 5.95 Å². The smallest absolute Gasteiger partial charge is 0.230 e. The molecule has 0 spiro atoms. The molecule has 5 rings (SSSR count). The van der Waals surface area contributed by atoms with E-state index in [4.69, 9.17) is 4.98 Å². The van der Waals surface area contributed by atoms with Gasteiger partial charge in [0, 0.05) is 49.3 Å². The summed E-state index contributed by atoms with van der Waals surface area (Å²) >= 11 is 1.56. The van der Waals surface area contributed by atoms with Crippen LogP contribution < -0.4 is 15.5 Å². The number of aromatic nitrogens is 5. The lowest BCUT2D eigenvalue weighted by atomic mass is 10.3. The summed E-state index contributed by atoms with van der Waals surface area (Å²) in [6.07, 6.45) is 5.78. The first-order valence-corrected chi connectivity index (χ1v) is 10.1. The van der Waals surface area contributed by atoms with Crippen LogP contribution in [0.3, 0.4) is 0 Å². The first-order chi connectivity index (χ1) is 13.8. The van der Waals surface area contributed by atoms with Gasteiger partial charge in [-0.1, -0.05) is 0 Å². The van der Waals surface area contributed by atoms with Gasteiger partial charge in [0.1, 0.15) is 11.6 Å². The van der Waals surface area contributed by atoms with Crippen LogP contribution in [-0.4, -0.2) is 50.7 Å². The number of anilines is 3. The quantitative estimate of drug-likeness (QED) is 0.552. The topological polar surface area (TPSA) is 83.8 Å². The Kier molecular flexibility index (Phi) is 4.38. The van der Waals surface area contributed by atoms with Crippen molar-refractivity contribution in [3.05, 3.63) is 47.2 Å². The number of aryl methyl sites for hydroxylation is 1. The number of pyridine rings is 1. The Hall–Kier alpha value is -3.04. The Balaban J connectivity index is 1.41. The summed E-state index contributed by atoms with van der Waals surface area (Å²) in [5, 5.41) is 9.59. The molecule has 5 heterocycles. The fourth-order valence-electron chi connectivity index (χ4n) is 3.40. The summed E-state index contributed by atoms with van der Waals surface area (Å²) < 4.78 is 1.99. The zero-order valence-electron chi connectivity index (χ0n) is 15.5. The zero-order chi connectivity index (χ0) is 18.9. The molecular weight excluding hydrogens is 372 g/mol. The molecule has 1 aliphatic heterocycles. The van der Waals surface area contributed by atoms with Gasteiger partial charge in [-0.05, 0) is 24.6 Å². The third-order valence-corrected chi connectivity index (χ3v) is 5.45. The average Bonchev–Trinajstić information content (AvgIpc) is 3.37. The molecule has 0 amide bonds. The highest BCUT2D eigenvalue weighted by Crippen LogP contribution is 2.24. The number of nitrogens with zero attached hydrogens (tertiary/aromatic N) is 6. The van der Waals surface area contributed by atoms with E-state index in [1.807, 2.05) is 40.1 Å². The first kappa shape index (κ1) is 17.1. The van der Waals surface area contributed by atoms with E-state index in [1.54, 1.807) is 11.3 Å². The Morgan fingerprint density at radius 2 is 2.00 bits per heavy atom. The molecule has 0 bridgehead atoms. The van der Waals surface area contributed by atoms with E-state index in [1.165, 1.54) is 0 Å². The first-order valence-electron chi connectivity index (χ1n) is 9.20. The minimum atomic E-state index is 0.518. The zero-order valence-corrected chi connectivity index (χ0v) is 16.3. The Morgan fingerprint density at radius 3 is 2.75 bits per heavy atom. The molecule has 2 N–H and O–H groups in total. The van der Waals surface area contributed by atoms with Crippen molar-refractivity contribution in [2.75, 3.05) is 36.4 Å². The van der Waals surface area contributed by atoms with E-state index >= 15 is 0 Å². The van der Waals surface area contributed by atoms with E-state index in [0.717, 1.165) is 60.1 Å². The second-order valence-electron chi connectivity index (χ2n) is 6.72. The highest BCUT2D eigenvalue weighted by molar-refractivity contribution is 7.07. The van der Waals surface area contributed by atoms with Crippen molar-refractivity contribution >= 4 is 39.8 Å². The van der Waals surface area contributed by atoms with Gasteiger partial charge in [0.25, 0.3) is 0 Å².